The smallest absolute Gasteiger partial charge is 0.262 e. The number of nitrogens with one attached hydrogen (secondary N) is 1. The van der Waals surface area contributed by atoms with Crippen LogP contribution in [0, 0.1) is 0 Å². The largest absolute Gasteiger partial charge is 0.342 e. The third-order valence-corrected chi connectivity index (χ3v) is 5.82. The highest BCUT2D eigenvalue weighted by Crippen LogP contribution is 2.19. The fourth-order valence-corrected chi connectivity index (χ4v) is 4.20. The standard InChI is InChI=1S/C20H23N5O2S/c26-17(24-11-7-2-1-3-8-12-24)14-28-20-22-18-16(19(27)23-20)13-21-25(18)15-9-5-4-6-10-15/h4-6,9-10,13H,1-3,7-8,11-12,14H2,(H,22,23,27). The Bertz CT molecular complexity index is 1010. The normalized spacial score (nSPS) is 15.4. The van der Waals surface area contributed by atoms with E-state index in [1.807, 2.05) is 35.2 Å². The number of para-hydroxylation sites is 1. The van der Waals surface area contributed by atoms with Crippen LogP contribution in [0.15, 0.2) is 46.5 Å². The van der Waals surface area contributed by atoms with Crippen molar-refractivity contribution in [2.75, 3.05) is 18.8 Å². The molecule has 1 aromatic carbocycles. The number of hydrogen-bond acceptors (Lipinski definition) is 5. The van der Waals surface area contributed by atoms with Crippen LogP contribution in [0.1, 0.15) is 32.1 Å². The molecular formula is C20H23N5O2S. The van der Waals surface area contributed by atoms with Gasteiger partial charge in [-0.1, -0.05) is 49.2 Å². The second-order valence-corrected chi connectivity index (χ2v) is 7.90. The number of carbonyl (C=O) groups excluding carboxylic acids is 1. The van der Waals surface area contributed by atoms with Crippen LogP contribution in [0.3, 0.4) is 0 Å². The van der Waals surface area contributed by atoms with Crippen LogP contribution in [-0.4, -0.2) is 49.4 Å². The van der Waals surface area contributed by atoms with Crippen molar-refractivity contribution in [3.63, 3.8) is 0 Å². The first-order valence-electron chi connectivity index (χ1n) is 9.66. The van der Waals surface area contributed by atoms with Gasteiger partial charge in [0.25, 0.3) is 5.56 Å². The van der Waals surface area contributed by atoms with Gasteiger partial charge in [0, 0.05) is 13.1 Å². The van der Waals surface area contributed by atoms with Crippen molar-refractivity contribution in [3.8, 4) is 5.69 Å². The lowest BCUT2D eigenvalue weighted by Gasteiger charge is -2.24. The predicted molar refractivity (Wildman–Crippen MR) is 110 cm³/mol. The van der Waals surface area contributed by atoms with E-state index < -0.39 is 0 Å². The summed E-state index contributed by atoms with van der Waals surface area (Å²) in [6.07, 6.45) is 7.28. The van der Waals surface area contributed by atoms with E-state index in [9.17, 15) is 9.59 Å². The van der Waals surface area contributed by atoms with Crippen molar-refractivity contribution >= 4 is 28.7 Å². The van der Waals surface area contributed by atoms with Crippen molar-refractivity contribution in [1.82, 2.24) is 24.6 Å². The number of fused-ring (bicyclic) bond motifs is 1. The lowest BCUT2D eigenvalue weighted by molar-refractivity contribution is -0.128. The summed E-state index contributed by atoms with van der Waals surface area (Å²) in [6, 6.07) is 9.57. The molecule has 1 aliphatic rings. The molecule has 0 radical (unpaired) electrons. The number of likely N-dealkylation sites (tertiary alicyclic amines) is 1. The maximum absolute atomic E-state index is 12.6. The number of aromatic amines is 1. The molecule has 0 unspecified atom stereocenters. The second-order valence-electron chi connectivity index (χ2n) is 6.94. The van der Waals surface area contributed by atoms with Crippen LogP contribution in [0.25, 0.3) is 16.7 Å². The second kappa shape index (κ2) is 8.60. The summed E-state index contributed by atoms with van der Waals surface area (Å²) >= 11 is 1.27. The predicted octanol–water partition coefficient (Wildman–Crippen LogP) is 2.99. The summed E-state index contributed by atoms with van der Waals surface area (Å²) in [6.45, 7) is 1.65. The quantitative estimate of drug-likeness (QED) is 0.540. The summed E-state index contributed by atoms with van der Waals surface area (Å²) in [5.41, 5.74) is 1.09. The molecule has 1 amide bonds. The van der Waals surface area contributed by atoms with E-state index in [4.69, 9.17) is 0 Å². The van der Waals surface area contributed by atoms with E-state index in [2.05, 4.69) is 15.1 Å². The van der Waals surface area contributed by atoms with Crippen molar-refractivity contribution < 1.29 is 4.79 Å². The fourth-order valence-electron chi connectivity index (χ4n) is 3.44. The average molecular weight is 398 g/mol. The van der Waals surface area contributed by atoms with Crippen LogP contribution >= 0.6 is 11.8 Å². The number of nitrogens with zero attached hydrogens (tertiary/aromatic N) is 4. The third-order valence-electron chi connectivity index (χ3n) is 4.96. The van der Waals surface area contributed by atoms with Crippen molar-refractivity contribution in [2.24, 2.45) is 0 Å². The van der Waals surface area contributed by atoms with Crippen molar-refractivity contribution in [3.05, 3.63) is 46.9 Å². The number of aromatic nitrogens is 4. The van der Waals surface area contributed by atoms with E-state index in [1.54, 1.807) is 4.68 Å². The molecule has 0 atom stereocenters. The molecule has 0 bridgehead atoms. The van der Waals surface area contributed by atoms with E-state index in [0.29, 0.717) is 16.2 Å². The zero-order chi connectivity index (χ0) is 19.3. The Morgan fingerprint density at radius 3 is 2.54 bits per heavy atom. The van der Waals surface area contributed by atoms with Gasteiger partial charge in [0.2, 0.25) is 5.91 Å². The molecule has 1 fully saturated rings. The number of H-pyrrole nitrogens is 1. The molecule has 8 heteroatoms. The number of benzene rings is 1. The van der Waals surface area contributed by atoms with Gasteiger partial charge in [-0.3, -0.25) is 9.59 Å². The minimum Gasteiger partial charge on any atom is -0.342 e. The highest BCUT2D eigenvalue weighted by atomic mass is 32.2. The molecule has 0 spiro atoms. The van der Waals surface area contributed by atoms with Gasteiger partial charge in [-0.05, 0) is 25.0 Å². The van der Waals surface area contributed by atoms with Gasteiger partial charge >= 0.3 is 0 Å². The fraction of sp³-hybridized carbons (Fsp3) is 0.400. The van der Waals surface area contributed by atoms with Gasteiger partial charge in [0.05, 0.1) is 17.6 Å². The lowest BCUT2D eigenvalue weighted by atomic mass is 10.1. The van der Waals surface area contributed by atoms with Gasteiger partial charge in [0.15, 0.2) is 10.8 Å². The van der Waals surface area contributed by atoms with Crippen molar-refractivity contribution in [2.45, 2.75) is 37.3 Å². The van der Waals surface area contributed by atoms with Crippen LogP contribution in [0.2, 0.25) is 0 Å². The molecule has 0 aliphatic carbocycles. The Morgan fingerprint density at radius 1 is 1.07 bits per heavy atom. The molecule has 28 heavy (non-hydrogen) atoms. The number of carbonyl (C=O) groups is 1. The van der Waals surface area contributed by atoms with E-state index in [-0.39, 0.29) is 17.2 Å². The van der Waals surface area contributed by atoms with Gasteiger partial charge in [0.1, 0.15) is 5.39 Å². The molecule has 7 nitrogen and oxygen atoms in total. The number of hydrogen-bond donors (Lipinski definition) is 1. The summed E-state index contributed by atoms with van der Waals surface area (Å²) in [7, 11) is 0. The molecule has 3 aromatic rings. The number of amides is 1. The molecule has 2 aromatic heterocycles. The van der Waals surface area contributed by atoms with E-state index in [1.165, 1.54) is 37.2 Å². The molecule has 1 N–H and O–H groups in total. The highest BCUT2D eigenvalue weighted by Gasteiger charge is 2.17. The third kappa shape index (κ3) is 4.11. The van der Waals surface area contributed by atoms with Crippen molar-refractivity contribution in [1.29, 1.82) is 0 Å². The number of thioether (sulfide) groups is 1. The SMILES string of the molecule is O=C(CSc1nc2c(cnn2-c2ccccc2)c(=O)[nH]1)N1CCCCCCC1. The molecule has 1 saturated heterocycles. The molecular weight excluding hydrogens is 374 g/mol. The minimum atomic E-state index is -0.242. The maximum Gasteiger partial charge on any atom is 0.262 e. The number of rotatable bonds is 4. The Labute approximate surface area is 167 Å². The Kier molecular flexibility index (Phi) is 5.76. The summed E-state index contributed by atoms with van der Waals surface area (Å²) in [5.74, 6) is 0.375. The van der Waals surface area contributed by atoms with Crippen LogP contribution in [0.5, 0.6) is 0 Å². The van der Waals surface area contributed by atoms with Crippen LogP contribution in [0.4, 0.5) is 0 Å². The van der Waals surface area contributed by atoms with Crippen LogP contribution < -0.4 is 5.56 Å². The van der Waals surface area contributed by atoms with E-state index in [0.717, 1.165) is 31.6 Å². The summed E-state index contributed by atoms with van der Waals surface area (Å²) in [4.78, 5) is 34.3. The molecule has 3 heterocycles. The minimum absolute atomic E-state index is 0.103. The zero-order valence-electron chi connectivity index (χ0n) is 15.6. The first kappa shape index (κ1) is 18.7. The topological polar surface area (TPSA) is 83.9 Å². The maximum atomic E-state index is 12.6. The van der Waals surface area contributed by atoms with E-state index >= 15 is 0 Å². The molecule has 1 aliphatic heterocycles. The molecule has 146 valence electrons. The summed E-state index contributed by atoms with van der Waals surface area (Å²) in [5, 5.41) is 5.18. The first-order chi connectivity index (χ1) is 13.7. The average Bonchev–Trinajstić information content (AvgIpc) is 3.11. The Morgan fingerprint density at radius 2 is 1.79 bits per heavy atom. The van der Waals surface area contributed by atoms with Gasteiger partial charge in [-0.15, -0.1) is 0 Å². The highest BCUT2D eigenvalue weighted by molar-refractivity contribution is 7.99. The van der Waals surface area contributed by atoms with Gasteiger partial charge in [-0.25, -0.2) is 9.67 Å². The molecule has 4 rings (SSSR count). The monoisotopic (exact) mass is 397 g/mol. The van der Waals surface area contributed by atoms with Gasteiger partial charge < -0.3 is 9.88 Å². The first-order valence-corrected chi connectivity index (χ1v) is 10.6. The Balaban J connectivity index is 1.52. The zero-order valence-corrected chi connectivity index (χ0v) is 16.5. The van der Waals surface area contributed by atoms with Crippen LogP contribution in [-0.2, 0) is 4.79 Å². The lowest BCUT2D eigenvalue weighted by Crippen LogP contribution is -2.35. The molecule has 0 saturated carbocycles. The summed E-state index contributed by atoms with van der Waals surface area (Å²) < 4.78 is 1.65. The Hall–Kier alpha value is -2.61. The van der Waals surface area contributed by atoms with Gasteiger partial charge in [-0.2, -0.15) is 5.10 Å².